The Morgan fingerprint density at radius 1 is 1.38 bits per heavy atom. The Balaban J connectivity index is 1.79. The maximum Gasteiger partial charge on any atom is 0.266 e. The van der Waals surface area contributed by atoms with E-state index >= 15 is 0 Å². The number of phenols is 1. The van der Waals surface area contributed by atoms with Crippen molar-refractivity contribution in [2.45, 2.75) is 45.1 Å². The van der Waals surface area contributed by atoms with Gasteiger partial charge in [0, 0.05) is 6.04 Å². The molecule has 24 heavy (non-hydrogen) atoms. The van der Waals surface area contributed by atoms with Crippen LogP contribution in [0.2, 0.25) is 0 Å². The molecule has 1 aliphatic carbocycles. The van der Waals surface area contributed by atoms with Crippen LogP contribution in [0.25, 0.3) is 6.08 Å². The number of thiocarbonyl (C=S) groups is 1. The number of carbonyl (C=O) groups excluding carboxylic acids is 1. The van der Waals surface area contributed by atoms with Gasteiger partial charge in [0.25, 0.3) is 5.91 Å². The van der Waals surface area contributed by atoms with Gasteiger partial charge in [-0.25, -0.2) is 0 Å². The van der Waals surface area contributed by atoms with Crippen molar-refractivity contribution < 1.29 is 14.6 Å². The summed E-state index contributed by atoms with van der Waals surface area (Å²) in [4.78, 5) is 15.1. The van der Waals surface area contributed by atoms with Crippen LogP contribution in [0.1, 0.15) is 44.6 Å². The summed E-state index contributed by atoms with van der Waals surface area (Å²) < 4.78 is 5.97. The summed E-state index contributed by atoms with van der Waals surface area (Å²) in [6, 6.07) is 5.40. The van der Waals surface area contributed by atoms with Crippen LogP contribution < -0.4 is 4.74 Å². The molecule has 6 heteroatoms. The van der Waals surface area contributed by atoms with Gasteiger partial charge in [0.05, 0.1) is 11.5 Å². The number of amides is 1. The number of carbonyl (C=O) groups is 1. The van der Waals surface area contributed by atoms with Gasteiger partial charge >= 0.3 is 0 Å². The van der Waals surface area contributed by atoms with Crippen molar-refractivity contribution in [2.24, 2.45) is 0 Å². The van der Waals surface area contributed by atoms with Crippen molar-refractivity contribution in [3.63, 3.8) is 0 Å². The van der Waals surface area contributed by atoms with Gasteiger partial charge in [0.2, 0.25) is 0 Å². The van der Waals surface area contributed by atoms with E-state index in [2.05, 4.69) is 0 Å². The molecule has 0 radical (unpaired) electrons. The number of hydrogen-bond donors (Lipinski definition) is 1. The molecule has 1 aromatic rings. The molecule has 0 unspecified atom stereocenters. The lowest BCUT2D eigenvalue weighted by Gasteiger charge is -2.29. The van der Waals surface area contributed by atoms with Crippen molar-refractivity contribution in [2.75, 3.05) is 6.61 Å². The molecule has 2 fully saturated rings. The summed E-state index contributed by atoms with van der Waals surface area (Å²) in [5.74, 6) is 0.517. The zero-order valence-electron chi connectivity index (χ0n) is 13.7. The van der Waals surface area contributed by atoms with Gasteiger partial charge < -0.3 is 9.84 Å². The van der Waals surface area contributed by atoms with Gasteiger partial charge in [-0.05, 0) is 43.5 Å². The molecule has 2 aliphatic rings. The maximum absolute atomic E-state index is 12.7. The first-order valence-electron chi connectivity index (χ1n) is 8.33. The predicted molar refractivity (Wildman–Crippen MR) is 101 cm³/mol. The number of rotatable bonds is 4. The third-order valence-electron chi connectivity index (χ3n) is 4.34. The average Bonchev–Trinajstić information content (AvgIpc) is 2.85. The molecule has 0 bridgehead atoms. The monoisotopic (exact) mass is 363 g/mol. The van der Waals surface area contributed by atoms with Crippen LogP contribution in [0.3, 0.4) is 0 Å². The molecule has 4 nitrogen and oxygen atoms in total. The fraction of sp³-hybridized carbons (Fsp3) is 0.444. The minimum absolute atomic E-state index is 0.00901. The van der Waals surface area contributed by atoms with E-state index in [0.717, 1.165) is 31.2 Å². The second-order valence-electron chi connectivity index (χ2n) is 6.00. The zero-order chi connectivity index (χ0) is 17.1. The third-order valence-corrected chi connectivity index (χ3v) is 5.67. The molecule has 3 rings (SSSR count). The topological polar surface area (TPSA) is 49.8 Å². The maximum atomic E-state index is 12.7. The number of phenolic OH excluding ortho intramolecular Hbond substituents is 1. The molecule has 1 heterocycles. The third kappa shape index (κ3) is 3.59. The second kappa shape index (κ2) is 7.57. The number of thioether (sulfide) groups is 1. The van der Waals surface area contributed by atoms with Crippen LogP contribution >= 0.6 is 24.0 Å². The Labute approximate surface area is 151 Å². The van der Waals surface area contributed by atoms with Gasteiger partial charge in [0.1, 0.15) is 4.32 Å². The molecule has 1 aliphatic heterocycles. The van der Waals surface area contributed by atoms with Gasteiger partial charge in [-0.2, -0.15) is 0 Å². The van der Waals surface area contributed by atoms with Crippen LogP contribution in [0.5, 0.6) is 11.5 Å². The first-order valence-corrected chi connectivity index (χ1v) is 9.55. The molecule has 1 amide bonds. The summed E-state index contributed by atoms with van der Waals surface area (Å²) in [6.07, 6.45) is 7.42. The molecule has 1 N–H and O–H groups in total. The Hall–Kier alpha value is -1.53. The van der Waals surface area contributed by atoms with Crippen molar-refractivity contribution in [3.05, 3.63) is 28.7 Å². The highest BCUT2D eigenvalue weighted by Crippen LogP contribution is 2.38. The quantitative estimate of drug-likeness (QED) is 0.637. The zero-order valence-corrected chi connectivity index (χ0v) is 15.3. The van der Waals surface area contributed by atoms with Crippen LogP contribution in [0.4, 0.5) is 0 Å². The summed E-state index contributed by atoms with van der Waals surface area (Å²) in [7, 11) is 0. The normalized spacial score (nSPS) is 20.9. The molecular weight excluding hydrogens is 342 g/mol. The number of benzene rings is 1. The molecule has 1 saturated heterocycles. The summed E-state index contributed by atoms with van der Waals surface area (Å²) >= 11 is 6.78. The average molecular weight is 364 g/mol. The highest BCUT2D eigenvalue weighted by Gasteiger charge is 2.37. The fourth-order valence-corrected chi connectivity index (χ4v) is 4.59. The largest absolute Gasteiger partial charge is 0.504 e. The highest BCUT2D eigenvalue weighted by molar-refractivity contribution is 8.26. The minimum Gasteiger partial charge on any atom is -0.504 e. The van der Waals surface area contributed by atoms with Crippen LogP contribution in [0, 0.1) is 0 Å². The number of hydrogen-bond acceptors (Lipinski definition) is 5. The number of ether oxygens (including phenoxy) is 1. The summed E-state index contributed by atoms with van der Waals surface area (Å²) in [5, 5.41) is 9.99. The van der Waals surface area contributed by atoms with Crippen molar-refractivity contribution >= 4 is 40.3 Å². The predicted octanol–water partition coefficient (Wildman–Crippen LogP) is 4.32. The molecule has 0 atom stereocenters. The molecular formula is C18H21NO3S2. The second-order valence-corrected chi connectivity index (χ2v) is 7.68. The number of nitrogens with zero attached hydrogens (tertiary/aromatic N) is 1. The molecule has 0 spiro atoms. The van der Waals surface area contributed by atoms with Gasteiger partial charge in [0.15, 0.2) is 11.5 Å². The lowest BCUT2D eigenvalue weighted by Crippen LogP contribution is -2.39. The molecule has 128 valence electrons. The van der Waals surface area contributed by atoms with Crippen molar-refractivity contribution in [3.8, 4) is 11.5 Å². The fourth-order valence-electron chi connectivity index (χ4n) is 3.19. The van der Waals surface area contributed by atoms with E-state index < -0.39 is 0 Å². The van der Waals surface area contributed by atoms with E-state index in [9.17, 15) is 9.90 Å². The van der Waals surface area contributed by atoms with E-state index in [4.69, 9.17) is 17.0 Å². The Morgan fingerprint density at radius 2 is 2.12 bits per heavy atom. The van der Waals surface area contributed by atoms with Gasteiger partial charge in [-0.3, -0.25) is 9.69 Å². The lowest BCUT2D eigenvalue weighted by molar-refractivity contribution is -0.124. The smallest absolute Gasteiger partial charge is 0.266 e. The molecule has 1 aromatic carbocycles. The number of aromatic hydroxyl groups is 1. The first-order chi connectivity index (χ1) is 11.6. The van der Waals surface area contributed by atoms with Crippen molar-refractivity contribution in [1.82, 2.24) is 4.90 Å². The summed E-state index contributed by atoms with van der Waals surface area (Å²) in [5.41, 5.74) is 0.764. The van der Waals surface area contributed by atoms with Crippen LogP contribution in [-0.2, 0) is 4.79 Å². The van der Waals surface area contributed by atoms with E-state index in [0.29, 0.717) is 21.6 Å². The van der Waals surface area contributed by atoms with Gasteiger partial charge in [-0.1, -0.05) is 49.3 Å². The van der Waals surface area contributed by atoms with Crippen molar-refractivity contribution in [1.29, 1.82) is 0 Å². The summed E-state index contributed by atoms with van der Waals surface area (Å²) in [6.45, 7) is 2.36. The minimum atomic E-state index is -0.00901. The SMILES string of the molecule is CCOc1ccc(/C=C2/SC(=S)N(C3CCCCC3)C2=O)cc1O. The highest BCUT2D eigenvalue weighted by atomic mass is 32.2. The van der Waals surface area contributed by atoms with E-state index in [1.54, 1.807) is 23.1 Å². The molecule has 0 aromatic heterocycles. The van der Waals surface area contributed by atoms with E-state index in [1.807, 2.05) is 13.0 Å². The molecule has 1 saturated carbocycles. The van der Waals surface area contributed by atoms with E-state index in [-0.39, 0.29) is 17.7 Å². The first kappa shape index (κ1) is 17.3. The Bertz CT molecular complexity index is 681. The van der Waals surface area contributed by atoms with Crippen LogP contribution in [-0.4, -0.2) is 32.9 Å². The standard InChI is InChI=1S/C18H21NO3S2/c1-2-22-15-9-8-12(10-14(15)20)11-16-17(21)19(18(23)24-16)13-6-4-3-5-7-13/h8-11,13,20H,2-7H2,1H3/b16-11+. The Kier molecular flexibility index (Phi) is 5.46. The van der Waals surface area contributed by atoms with Crippen LogP contribution in [0.15, 0.2) is 23.1 Å². The Morgan fingerprint density at radius 3 is 2.79 bits per heavy atom. The lowest BCUT2D eigenvalue weighted by atomic mass is 9.94. The van der Waals surface area contributed by atoms with Gasteiger partial charge in [-0.15, -0.1) is 0 Å². The van der Waals surface area contributed by atoms with E-state index in [1.165, 1.54) is 18.2 Å².